The molecule has 2 aromatic rings. The lowest BCUT2D eigenvalue weighted by molar-refractivity contribution is 0.237. The minimum absolute atomic E-state index is 0.923. The Hall–Kier alpha value is -1.03. The van der Waals surface area contributed by atoms with Gasteiger partial charge >= 0.3 is 0 Å². The molecular formula is C22H25IO. The van der Waals surface area contributed by atoms with Crippen LogP contribution in [0.1, 0.15) is 49.7 Å². The largest absolute Gasteiger partial charge is 0.457 e. The van der Waals surface area contributed by atoms with Gasteiger partial charge in [0.15, 0.2) is 0 Å². The van der Waals surface area contributed by atoms with Crippen molar-refractivity contribution in [2.45, 2.75) is 51.4 Å². The Morgan fingerprint density at radius 3 is 2.17 bits per heavy atom. The van der Waals surface area contributed by atoms with Gasteiger partial charge in [0.2, 0.25) is 0 Å². The zero-order valence-electron chi connectivity index (χ0n) is 14.1. The van der Waals surface area contributed by atoms with Gasteiger partial charge in [-0.25, -0.2) is 0 Å². The molecule has 1 nitrogen and oxygen atoms in total. The Labute approximate surface area is 159 Å². The minimum atomic E-state index is 0.923. The van der Waals surface area contributed by atoms with Gasteiger partial charge in [-0.2, -0.15) is 0 Å². The second-order valence-electron chi connectivity index (χ2n) is 7.46. The van der Waals surface area contributed by atoms with Crippen molar-refractivity contribution in [3.63, 3.8) is 0 Å². The minimum Gasteiger partial charge on any atom is -0.457 e. The van der Waals surface area contributed by atoms with E-state index in [2.05, 4.69) is 52.9 Å². The lowest BCUT2D eigenvalue weighted by Crippen LogP contribution is -2.16. The summed E-state index contributed by atoms with van der Waals surface area (Å²) in [6, 6.07) is 15.0. The molecule has 0 N–H and O–H groups in total. The second kappa shape index (κ2) is 7.47. The summed E-state index contributed by atoms with van der Waals surface area (Å²) < 4.78 is 7.29. The second-order valence-corrected chi connectivity index (χ2v) is 8.71. The van der Waals surface area contributed by atoms with E-state index in [9.17, 15) is 0 Å². The Balaban J connectivity index is 1.43. The first-order valence-electron chi connectivity index (χ1n) is 9.31. The van der Waals surface area contributed by atoms with Crippen LogP contribution in [0, 0.1) is 15.4 Å². The highest BCUT2D eigenvalue weighted by Gasteiger charge is 2.24. The molecule has 2 aliphatic rings. The fourth-order valence-corrected chi connectivity index (χ4v) is 4.44. The van der Waals surface area contributed by atoms with Gasteiger partial charge in [0.05, 0.1) is 0 Å². The van der Waals surface area contributed by atoms with Crippen LogP contribution in [-0.4, -0.2) is 0 Å². The lowest BCUT2D eigenvalue weighted by Gasteiger charge is -2.29. The van der Waals surface area contributed by atoms with Crippen molar-refractivity contribution in [1.82, 2.24) is 0 Å². The molecule has 0 amide bonds. The molecule has 2 heteroatoms. The van der Waals surface area contributed by atoms with Crippen molar-refractivity contribution in [3.8, 4) is 11.5 Å². The fourth-order valence-electron chi connectivity index (χ4n) is 4.08. The van der Waals surface area contributed by atoms with Gasteiger partial charge in [0.25, 0.3) is 0 Å². The van der Waals surface area contributed by atoms with Crippen LogP contribution in [0.5, 0.6) is 11.5 Å². The summed E-state index contributed by atoms with van der Waals surface area (Å²) in [5.74, 6) is 3.87. The molecule has 2 aromatic carbocycles. The summed E-state index contributed by atoms with van der Waals surface area (Å²) in [4.78, 5) is 0. The molecule has 0 saturated heterocycles. The van der Waals surface area contributed by atoms with Crippen LogP contribution >= 0.6 is 22.6 Å². The average molecular weight is 432 g/mol. The first-order chi connectivity index (χ1) is 11.8. The van der Waals surface area contributed by atoms with Gasteiger partial charge in [0.1, 0.15) is 11.5 Å². The summed E-state index contributed by atoms with van der Waals surface area (Å²) in [5.41, 5.74) is 3.05. The molecule has 1 saturated carbocycles. The van der Waals surface area contributed by atoms with E-state index >= 15 is 0 Å². The summed E-state index contributed by atoms with van der Waals surface area (Å²) in [7, 11) is 0. The van der Waals surface area contributed by atoms with E-state index in [-0.39, 0.29) is 0 Å². The molecule has 0 radical (unpaired) electrons. The number of benzene rings is 2. The van der Waals surface area contributed by atoms with Crippen LogP contribution in [0.15, 0.2) is 42.5 Å². The maximum atomic E-state index is 6.05. The summed E-state index contributed by atoms with van der Waals surface area (Å²) >= 11 is 2.32. The zero-order chi connectivity index (χ0) is 16.4. The third kappa shape index (κ3) is 3.96. The molecule has 0 spiro atoms. The maximum Gasteiger partial charge on any atom is 0.127 e. The van der Waals surface area contributed by atoms with Gasteiger partial charge in [-0.05, 0) is 114 Å². The van der Waals surface area contributed by atoms with E-state index in [1.165, 1.54) is 60.5 Å². The summed E-state index contributed by atoms with van der Waals surface area (Å²) in [6.45, 7) is 0. The molecule has 0 aromatic heterocycles. The van der Waals surface area contributed by atoms with Crippen LogP contribution < -0.4 is 4.74 Å². The van der Waals surface area contributed by atoms with Gasteiger partial charge in [-0.15, -0.1) is 0 Å². The SMILES string of the molecule is Ic1ccc(Oc2ccc3c(c2)CCC(CC2CCC2)CC3)cc1. The van der Waals surface area contributed by atoms with E-state index in [0.717, 1.165) is 23.3 Å². The Morgan fingerprint density at radius 2 is 1.46 bits per heavy atom. The summed E-state index contributed by atoms with van der Waals surface area (Å²) in [6.07, 6.45) is 11.1. The highest BCUT2D eigenvalue weighted by Crippen LogP contribution is 2.37. The highest BCUT2D eigenvalue weighted by atomic mass is 127. The van der Waals surface area contributed by atoms with E-state index < -0.39 is 0 Å². The van der Waals surface area contributed by atoms with Crippen molar-refractivity contribution < 1.29 is 4.74 Å². The van der Waals surface area contributed by atoms with E-state index in [1.54, 1.807) is 5.56 Å². The molecule has 1 atom stereocenters. The van der Waals surface area contributed by atoms with Crippen LogP contribution in [0.4, 0.5) is 0 Å². The average Bonchev–Trinajstić information content (AvgIpc) is 2.75. The van der Waals surface area contributed by atoms with E-state index in [0.29, 0.717) is 0 Å². The fraction of sp³-hybridized carbons (Fsp3) is 0.455. The molecule has 4 rings (SSSR count). The normalized spacial score (nSPS) is 20.8. The molecule has 1 fully saturated rings. The molecule has 126 valence electrons. The monoisotopic (exact) mass is 432 g/mol. The topological polar surface area (TPSA) is 9.23 Å². The van der Waals surface area contributed by atoms with Crippen LogP contribution in [0.25, 0.3) is 0 Å². The van der Waals surface area contributed by atoms with E-state index in [1.807, 2.05) is 12.1 Å². The van der Waals surface area contributed by atoms with E-state index in [4.69, 9.17) is 4.74 Å². The predicted octanol–water partition coefficient (Wildman–Crippen LogP) is 6.77. The molecular weight excluding hydrogens is 407 g/mol. The van der Waals surface area contributed by atoms with Gasteiger partial charge in [0, 0.05) is 3.57 Å². The Morgan fingerprint density at radius 1 is 0.792 bits per heavy atom. The number of hydrogen-bond donors (Lipinski definition) is 0. The number of hydrogen-bond acceptors (Lipinski definition) is 1. The molecule has 0 heterocycles. The third-order valence-corrected chi connectivity index (χ3v) is 6.48. The summed E-state index contributed by atoms with van der Waals surface area (Å²) in [5, 5.41) is 0. The number of aryl methyl sites for hydroxylation is 2. The number of ether oxygens (including phenoxy) is 1. The maximum absolute atomic E-state index is 6.05. The predicted molar refractivity (Wildman–Crippen MR) is 108 cm³/mol. The van der Waals surface area contributed by atoms with Crippen molar-refractivity contribution in [2.24, 2.45) is 11.8 Å². The van der Waals surface area contributed by atoms with Crippen molar-refractivity contribution >= 4 is 22.6 Å². The standard InChI is InChI=1S/C22H25IO/c23-20-9-12-21(13-10-20)24-22-11-8-18-6-4-17(5-7-19(18)15-22)14-16-2-1-3-16/h8-13,15-17H,1-7,14H2. The Bertz CT molecular complexity index is 688. The van der Waals surface area contributed by atoms with Crippen molar-refractivity contribution in [3.05, 3.63) is 57.2 Å². The highest BCUT2D eigenvalue weighted by molar-refractivity contribution is 14.1. The Kier molecular flexibility index (Phi) is 5.11. The van der Waals surface area contributed by atoms with Gasteiger partial charge < -0.3 is 4.74 Å². The first-order valence-corrected chi connectivity index (χ1v) is 10.4. The van der Waals surface area contributed by atoms with Crippen molar-refractivity contribution in [1.29, 1.82) is 0 Å². The smallest absolute Gasteiger partial charge is 0.127 e. The third-order valence-electron chi connectivity index (χ3n) is 5.76. The van der Waals surface area contributed by atoms with Crippen LogP contribution in [0.3, 0.4) is 0 Å². The number of fused-ring (bicyclic) bond motifs is 1. The number of halogens is 1. The molecule has 2 aliphatic carbocycles. The van der Waals surface area contributed by atoms with Crippen molar-refractivity contribution in [2.75, 3.05) is 0 Å². The molecule has 1 unspecified atom stereocenters. The quantitative estimate of drug-likeness (QED) is 0.383. The molecule has 0 bridgehead atoms. The van der Waals surface area contributed by atoms with Gasteiger partial charge in [-0.1, -0.05) is 25.3 Å². The lowest BCUT2D eigenvalue weighted by atomic mass is 9.77. The number of rotatable bonds is 4. The molecule has 0 aliphatic heterocycles. The zero-order valence-corrected chi connectivity index (χ0v) is 16.3. The van der Waals surface area contributed by atoms with Crippen LogP contribution in [-0.2, 0) is 12.8 Å². The molecule has 24 heavy (non-hydrogen) atoms. The van der Waals surface area contributed by atoms with Gasteiger partial charge in [-0.3, -0.25) is 0 Å². The van der Waals surface area contributed by atoms with Crippen LogP contribution in [0.2, 0.25) is 0 Å². The first kappa shape index (κ1) is 16.4.